The molecular formula is C18H26ClNO. The Kier molecular flexibility index (Phi) is 4.58. The van der Waals surface area contributed by atoms with Gasteiger partial charge in [0.15, 0.2) is 0 Å². The van der Waals surface area contributed by atoms with E-state index in [9.17, 15) is 0 Å². The molecule has 3 heteroatoms. The Hall–Kier alpha value is -0.570. The highest BCUT2D eigenvalue weighted by atomic mass is 35.5. The van der Waals surface area contributed by atoms with Gasteiger partial charge in [-0.2, -0.15) is 0 Å². The van der Waals surface area contributed by atoms with Gasteiger partial charge in [0, 0.05) is 17.7 Å². The van der Waals surface area contributed by atoms with Gasteiger partial charge in [0.25, 0.3) is 0 Å². The number of halogens is 1. The fraction of sp³-hybridized carbons (Fsp3) is 0.667. The summed E-state index contributed by atoms with van der Waals surface area (Å²) in [6.07, 6.45) is 6.11. The average molecular weight is 308 g/mol. The first-order valence-electron chi connectivity index (χ1n) is 8.27. The lowest BCUT2D eigenvalue weighted by Crippen LogP contribution is -2.48. The predicted molar refractivity (Wildman–Crippen MR) is 87.9 cm³/mol. The molecule has 21 heavy (non-hydrogen) atoms. The number of benzene rings is 1. The summed E-state index contributed by atoms with van der Waals surface area (Å²) in [7, 11) is 0. The maximum absolute atomic E-state index is 6.59. The molecule has 2 aliphatic rings. The van der Waals surface area contributed by atoms with Crippen LogP contribution < -0.4 is 5.32 Å². The third kappa shape index (κ3) is 2.99. The van der Waals surface area contributed by atoms with Crippen LogP contribution in [-0.2, 0) is 4.74 Å². The topological polar surface area (TPSA) is 21.3 Å². The van der Waals surface area contributed by atoms with Gasteiger partial charge in [-0.3, -0.25) is 0 Å². The number of rotatable bonds is 4. The van der Waals surface area contributed by atoms with Crippen LogP contribution >= 0.6 is 11.6 Å². The van der Waals surface area contributed by atoms with Crippen molar-refractivity contribution in [2.24, 2.45) is 5.92 Å². The highest BCUT2D eigenvalue weighted by molar-refractivity contribution is 6.32. The maximum atomic E-state index is 6.59. The van der Waals surface area contributed by atoms with Crippen molar-refractivity contribution in [1.82, 2.24) is 5.32 Å². The minimum Gasteiger partial charge on any atom is -0.375 e. The van der Waals surface area contributed by atoms with Crippen LogP contribution in [0.25, 0.3) is 0 Å². The standard InChI is InChI=1S/C18H26ClNO/c1-3-20-17(15-7-4-6-13(2)16(15)19)14-8-11-21-18(12-14)9-5-10-18/h4,6-7,14,17,20H,3,5,8-12H2,1-2H3. The van der Waals surface area contributed by atoms with Gasteiger partial charge in [-0.15, -0.1) is 0 Å². The maximum Gasteiger partial charge on any atom is 0.0686 e. The van der Waals surface area contributed by atoms with E-state index >= 15 is 0 Å². The first kappa shape index (κ1) is 15.3. The van der Waals surface area contributed by atoms with Gasteiger partial charge in [-0.1, -0.05) is 36.7 Å². The Morgan fingerprint density at radius 2 is 2.24 bits per heavy atom. The van der Waals surface area contributed by atoms with E-state index in [0.29, 0.717) is 12.0 Å². The highest BCUT2D eigenvalue weighted by Crippen LogP contribution is 2.47. The zero-order valence-electron chi connectivity index (χ0n) is 13.1. The summed E-state index contributed by atoms with van der Waals surface area (Å²) >= 11 is 6.59. The van der Waals surface area contributed by atoms with Crippen LogP contribution in [0.15, 0.2) is 18.2 Å². The molecule has 2 nitrogen and oxygen atoms in total. The third-order valence-corrected chi connectivity index (χ3v) is 5.76. The van der Waals surface area contributed by atoms with E-state index in [1.165, 1.54) is 36.8 Å². The lowest BCUT2D eigenvalue weighted by Gasteiger charge is -2.49. The fourth-order valence-electron chi connectivity index (χ4n) is 3.93. The van der Waals surface area contributed by atoms with Crippen molar-refractivity contribution in [1.29, 1.82) is 0 Å². The van der Waals surface area contributed by atoms with Crippen molar-refractivity contribution in [3.8, 4) is 0 Å². The van der Waals surface area contributed by atoms with Gasteiger partial charge in [0.2, 0.25) is 0 Å². The number of hydrogen-bond acceptors (Lipinski definition) is 2. The molecule has 1 aliphatic heterocycles. The number of nitrogens with one attached hydrogen (secondary N) is 1. The summed E-state index contributed by atoms with van der Waals surface area (Å²) in [6.45, 7) is 6.14. The number of ether oxygens (including phenoxy) is 1. The van der Waals surface area contributed by atoms with Gasteiger partial charge < -0.3 is 10.1 Å². The molecule has 2 unspecified atom stereocenters. The van der Waals surface area contributed by atoms with Crippen LogP contribution in [0.5, 0.6) is 0 Å². The van der Waals surface area contributed by atoms with Crippen molar-refractivity contribution in [2.45, 2.75) is 57.6 Å². The van der Waals surface area contributed by atoms with Crippen LogP contribution in [0.3, 0.4) is 0 Å². The second-order valence-corrected chi connectivity index (χ2v) is 7.03. The Morgan fingerprint density at radius 3 is 2.90 bits per heavy atom. The number of aryl methyl sites for hydroxylation is 1. The Morgan fingerprint density at radius 1 is 1.43 bits per heavy atom. The predicted octanol–water partition coefficient (Wildman–Crippen LogP) is 4.65. The monoisotopic (exact) mass is 307 g/mol. The summed E-state index contributed by atoms with van der Waals surface area (Å²) in [4.78, 5) is 0. The van der Waals surface area contributed by atoms with Crippen LogP contribution in [0.2, 0.25) is 5.02 Å². The van der Waals surface area contributed by atoms with Gasteiger partial charge in [0.1, 0.15) is 0 Å². The molecule has 1 aliphatic carbocycles. The molecule has 0 aromatic heterocycles. The molecule has 0 amide bonds. The summed E-state index contributed by atoms with van der Waals surface area (Å²) in [5.41, 5.74) is 2.62. The second kappa shape index (κ2) is 6.28. The average Bonchev–Trinajstić information content (AvgIpc) is 2.47. The van der Waals surface area contributed by atoms with Crippen molar-refractivity contribution < 1.29 is 4.74 Å². The van der Waals surface area contributed by atoms with Crippen LogP contribution in [0.4, 0.5) is 0 Å². The normalized spacial score (nSPS) is 25.6. The molecule has 3 rings (SSSR count). The molecular weight excluding hydrogens is 282 g/mol. The molecule has 116 valence electrons. The molecule has 0 radical (unpaired) electrons. The number of hydrogen-bond donors (Lipinski definition) is 1. The first-order chi connectivity index (χ1) is 10.2. The van der Waals surface area contributed by atoms with Gasteiger partial charge >= 0.3 is 0 Å². The summed E-state index contributed by atoms with van der Waals surface area (Å²) in [6, 6.07) is 6.75. The van der Waals surface area contributed by atoms with E-state index in [1.54, 1.807) is 0 Å². The lowest BCUT2D eigenvalue weighted by molar-refractivity contribution is -0.147. The SMILES string of the molecule is CCNC(c1cccc(C)c1Cl)C1CCOC2(CCC2)C1. The Balaban J connectivity index is 1.85. The van der Waals surface area contributed by atoms with Crippen molar-refractivity contribution in [2.75, 3.05) is 13.2 Å². The first-order valence-corrected chi connectivity index (χ1v) is 8.65. The molecule has 1 aromatic carbocycles. The molecule has 1 spiro atoms. The molecule has 1 saturated carbocycles. The Labute approximate surface area is 133 Å². The minimum absolute atomic E-state index is 0.187. The van der Waals surface area contributed by atoms with E-state index in [4.69, 9.17) is 16.3 Å². The van der Waals surface area contributed by atoms with Crippen LogP contribution in [0.1, 0.15) is 56.2 Å². The van der Waals surface area contributed by atoms with E-state index in [-0.39, 0.29) is 5.60 Å². The zero-order chi connectivity index (χ0) is 14.9. The summed E-state index contributed by atoms with van der Waals surface area (Å²) < 4.78 is 6.09. The fourth-order valence-corrected chi connectivity index (χ4v) is 4.17. The molecule has 2 atom stereocenters. The zero-order valence-corrected chi connectivity index (χ0v) is 13.9. The minimum atomic E-state index is 0.187. The van der Waals surface area contributed by atoms with Crippen LogP contribution in [0, 0.1) is 12.8 Å². The Bertz CT molecular complexity index is 498. The van der Waals surface area contributed by atoms with Gasteiger partial charge in [-0.05, 0) is 62.6 Å². The van der Waals surface area contributed by atoms with Crippen LogP contribution in [-0.4, -0.2) is 18.8 Å². The van der Waals surface area contributed by atoms with Gasteiger partial charge in [-0.25, -0.2) is 0 Å². The highest BCUT2D eigenvalue weighted by Gasteiger charge is 2.44. The molecule has 1 saturated heterocycles. The largest absolute Gasteiger partial charge is 0.375 e. The molecule has 1 aromatic rings. The quantitative estimate of drug-likeness (QED) is 0.874. The van der Waals surface area contributed by atoms with E-state index < -0.39 is 0 Å². The molecule has 2 fully saturated rings. The second-order valence-electron chi connectivity index (χ2n) is 6.65. The molecule has 0 bridgehead atoms. The lowest BCUT2D eigenvalue weighted by atomic mass is 9.69. The van der Waals surface area contributed by atoms with Crippen molar-refractivity contribution in [3.05, 3.63) is 34.3 Å². The van der Waals surface area contributed by atoms with Gasteiger partial charge in [0.05, 0.1) is 5.60 Å². The van der Waals surface area contributed by atoms with Crippen molar-refractivity contribution in [3.63, 3.8) is 0 Å². The van der Waals surface area contributed by atoms with E-state index in [0.717, 1.165) is 24.6 Å². The third-order valence-electron chi connectivity index (χ3n) is 5.25. The van der Waals surface area contributed by atoms with Crippen molar-refractivity contribution >= 4 is 11.6 Å². The van der Waals surface area contributed by atoms with E-state index in [1.807, 2.05) is 0 Å². The molecule has 1 N–H and O–H groups in total. The summed E-state index contributed by atoms with van der Waals surface area (Å²) in [5.74, 6) is 0.623. The smallest absolute Gasteiger partial charge is 0.0686 e. The summed E-state index contributed by atoms with van der Waals surface area (Å²) in [5, 5.41) is 4.61. The van der Waals surface area contributed by atoms with E-state index in [2.05, 4.69) is 37.4 Å². The molecule has 1 heterocycles.